The van der Waals surface area contributed by atoms with Gasteiger partial charge in [0, 0.05) is 23.2 Å². The number of pyridine rings is 1. The van der Waals surface area contributed by atoms with Gasteiger partial charge in [-0.1, -0.05) is 11.6 Å². The second kappa shape index (κ2) is 5.78. The molecule has 0 spiro atoms. The van der Waals surface area contributed by atoms with E-state index in [4.69, 9.17) is 11.6 Å². The fourth-order valence-electron chi connectivity index (χ4n) is 2.17. The zero-order valence-corrected chi connectivity index (χ0v) is 11.0. The minimum atomic E-state index is 0.558. The van der Waals surface area contributed by atoms with Crippen LogP contribution >= 0.6 is 23.4 Å². The minimum Gasteiger partial charge on any atom is -0.382 e. The fraction of sp³-hybridized carbons (Fsp3) is 0.583. The van der Waals surface area contributed by atoms with Crippen molar-refractivity contribution in [1.29, 1.82) is 0 Å². The van der Waals surface area contributed by atoms with Crippen molar-refractivity contribution in [1.82, 2.24) is 4.98 Å². The molecule has 1 fully saturated rings. The van der Waals surface area contributed by atoms with Crippen LogP contribution in [0.3, 0.4) is 0 Å². The Balaban J connectivity index is 1.87. The van der Waals surface area contributed by atoms with Crippen LogP contribution in [0, 0.1) is 0 Å². The number of nitrogens with zero attached hydrogens (tertiary/aromatic N) is 1. The molecule has 2 nitrogen and oxygen atoms in total. The first-order valence-corrected chi connectivity index (χ1v) is 7.35. The molecule has 1 aliphatic carbocycles. The van der Waals surface area contributed by atoms with Gasteiger partial charge in [-0.15, -0.1) is 0 Å². The van der Waals surface area contributed by atoms with E-state index in [1.807, 2.05) is 23.9 Å². The standard InChI is InChI=1S/C12H17ClN2S/c1-16-11-4-2-9(3-5-11)15-10-6-7-14-12(13)8-10/h6-9,11H,2-5H2,1H3,(H,14,15). The van der Waals surface area contributed by atoms with Gasteiger partial charge in [0.2, 0.25) is 0 Å². The van der Waals surface area contributed by atoms with E-state index in [1.54, 1.807) is 6.20 Å². The molecule has 0 amide bonds. The van der Waals surface area contributed by atoms with Gasteiger partial charge >= 0.3 is 0 Å². The van der Waals surface area contributed by atoms with Gasteiger partial charge in [-0.2, -0.15) is 11.8 Å². The highest BCUT2D eigenvalue weighted by atomic mass is 35.5. The molecule has 0 aromatic carbocycles. The average molecular weight is 257 g/mol. The topological polar surface area (TPSA) is 24.9 Å². The van der Waals surface area contributed by atoms with Crippen LogP contribution in [0.1, 0.15) is 25.7 Å². The Morgan fingerprint density at radius 2 is 2.12 bits per heavy atom. The zero-order valence-electron chi connectivity index (χ0n) is 9.45. The maximum atomic E-state index is 5.85. The number of hydrogen-bond donors (Lipinski definition) is 1. The zero-order chi connectivity index (χ0) is 11.4. The smallest absolute Gasteiger partial charge is 0.131 e. The number of thioether (sulfide) groups is 1. The second-order valence-corrected chi connectivity index (χ2v) is 5.75. The molecule has 1 aromatic rings. The van der Waals surface area contributed by atoms with Crippen LogP contribution < -0.4 is 5.32 Å². The molecule has 4 heteroatoms. The van der Waals surface area contributed by atoms with Gasteiger partial charge in [-0.25, -0.2) is 4.98 Å². The molecule has 0 bridgehead atoms. The third-order valence-corrected chi connectivity index (χ3v) is 4.45. The number of anilines is 1. The molecule has 0 radical (unpaired) electrons. The van der Waals surface area contributed by atoms with Crippen molar-refractivity contribution in [3.05, 3.63) is 23.5 Å². The van der Waals surface area contributed by atoms with Crippen molar-refractivity contribution < 1.29 is 0 Å². The van der Waals surface area contributed by atoms with E-state index in [0.717, 1.165) is 10.9 Å². The molecule has 0 aliphatic heterocycles. The third-order valence-electron chi connectivity index (χ3n) is 3.10. The van der Waals surface area contributed by atoms with Crippen molar-refractivity contribution >= 4 is 29.1 Å². The predicted molar refractivity (Wildman–Crippen MR) is 72.4 cm³/mol. The Kier molecular flexibility index (Phi) is 4.36. The number of aromatic nitrogens is 1. The lowest BCUT2D eigenvalue weighted by atomic mass is 9.95. The molecule has 1 aromatic heterocycles. The molecular weight excluding hydrogens is 240 g/mol. The van der Waals surface area contributed by atoms with Crippen molar-refractivity contribution in [3.8, 4) is 0 Å². The van der Waals surface area contributed by atoms with Gasteiger partial charge in [-0.05, 0) is 44.1 Å². The first kappa shape index (κ1) is 12.1. The van der Waals surface area contributed by atoms with Gasteiger partial charge in [0.15, 0.2) is 0 Å². The Bertz CT molecular complexity index is 338. The number of hydrogen-bond acceptors (Lipinski definition) is 3. The summed E-state index contributed by atoms with van der Waals surface area (Å²) in [7, 11) is 0. The van der Waals surface area contributed by atoms with Crippen LogP contribution in [0.25, 0.3) is 0 Å². The van der Waals surface area contributed by atoms with E-state index in [9.17, 15) is 0 Å². The largest absolute Gasteiger partial charge is 0.382 e. The Morgan fingerprint density at radius 3 is 2.75 bits per heavy atom. The second-order valence-electron chi connectivity index (χ2n) is 4.22. The Labute approximate surface area is 106 Å². The number of nitrogens with one attached hydrogen (secondary N) is 1. The molecule has 1 aliphatic rings. The van der Waals surface area contributed by atoms with E-state index < -0.39 is 0 Å². The molecule has 0 saturated heterocycles. The summed E-state index contributed by atoms with van der Waals surface area (Å²) < 4.78 is 0. The highest BCUT2D eigenvalue weighted by molar-refractivity contribution is 7.99. The monoisotopic (exact) mass is 256 g/mol. The van der Waals surface area contributed by atoms with Crippen molar-refractivity contribution in [3.63, 3.8) is 0 Å². The summed E-state index contributed by atoms with van der Waals surface area (Å²) in [6.45, 7) is 0. The van der Waals surface area contributed by atoms with Crippen molar-refractivity contribution in [2.24, 2.45) is 0 Å². The lowest BCUT2D eigenvalue weighted by Gasteiger charge is -2.28. The molecule has 0 unspecified atom stereocenters. The van der Waals surface area contributed by atoms with Crippen LogP contribution in [0.15, 0.2) is 18.3 Å². The van der Waals surface area contributed by atoms with Crippen LogP contribution in [0.2, 0.25) is 5.15 Å². The SMILES string of the molecule is CSC1CCC(Nc2ccnc(Cl)c2)CC1. The van der Waals surface area contributed by atoms with Crippen molar-refractivity contribution in [2.45, 2.75) is 37.0 Å². The maximum absolute atomic E-state index is 5.85. The van der Waals surface area contributed by atoms with Gasteiger partial charge in [0.05, 0.1) is 0 Å². The Hall–Kier alpha value is -0.410. The third kappa shape index (κ3) is 3.29. The van der Waals surface area contributed by atoms with Crippen LogP contribution in [-0.4, -0.2) is 22.5 Å². The highest BCUT2D eigenvalue weighted by Crippen LogP contribution is 2.28. The summed E-state index contributed by atoms with van der Waals surface area (Å²) in [5.41, 5.74) is 1.09. The van der Waals surface area contributed by atoms with Gasteiger partial charge in [0.25, 0.3) is 0 Å². The normalized spacial score (nSPS) is 25.4. The first-order chi connectivity index (χ1) is 7.78. The quantitative estimate of drug-likeness (QED) is 0.833. The number of halogens is 1. The molecule has 1 heterocycles. The molecule has 1 saturated carbocycles. The van der Waals surface area contributed by atoms with E-state index in [-0.39, 0.29) is 0 Å². The molecule has 1 N–H and O–H groups in total. The van der Waals surface area contributed by atoms with E-state index >= 15 is 0 Å². The average Bonchev–Trinajstić information content (AvgIpc) is 2.30. The van der Waals surface area contributed by atoms with Crippen LogP contribution in [-0.2, 0) is 0 Å². The minimum absolute atomic E-state index is 0.558. The molecule has 16 heavy (non-hydrogen) atoms. The first-order valence-electron chi connectivity index (χ1n) is 5.69. The van der Waals surface area contributed by atoms with Gasteiger partial charge in [0.1, 0.15) is 5.15 Å². The Morgan fingerprint density at radius 1 is 1.38 bits per heavy atom. The van der Waals surface area contributed by atoms with Crippen LogP contribution in [0.4, 0.5) is 5.69 Å². The van der Waals surface area contributed by atoms with E-state index in [2.05, 4.69) is 16.6 Å². The summed E-state index contributed by atoms with van der Waals surface area (Å²) in [6, 6.07) is 4.47. The summed E-state index contributed by atoms with van der Waals surface area (Å²) in [5, 5.41) is 4.95. The van der Waals surface area contributed by atoms with Crippen molar-refractivity contribution in [2.75, 3.05) is 11.6 Å². The van der Waals surface area contributed by atoms with E-state index in [1.165, 1.54) is 25.7 Å². The lowest BCUT2D eigenvalue weighted by Crippen LogP contribution is -2.27. The van der Waals surface area contributed by atoms with E-state index in [0.29, 0.717) is 11.2 Å². The molecule has 2 rings (SSSR count). The van der Waals surface area contributed by atoms with Gasteiger partial charge < -0.3 is 5.32 Å². The molecule has 88 valence electrons. The molecule has 0 atom stereocenters. The van der Waals surface area contributed by atoms with Gasteiger partial charge in [-0.3, -0.25) is 0 Å². The maximum Gasteiger partial charge on any atom is 0.131 e. The predicted octanol–water partition coefficient (Wildman–Crippen LogP) is 3.82. The van der Waals surface area contributed by atoms with Crippen LogP contribution in [0.5, 0.6) is 0 Å². The highest BCUT2D eigenvalue weighted by Gasteiger charge is 2.20. The number of rotatable bonds is 3. The fourth-order valence-corrected chi connectivity index (χ4v) is 3.09. The molecular formula is C12H17ClN2S. The summed E-state index contributed by atoms with van der Waals surface area (Å²) in [4.78, 5) is 3.98. The lowest BCUT2D eigenvalue weighted by molar-refractivity contribution is 0.473. The summed E-state index contributed by atoms with van der Waals surface area (Å²) >= 11 is 7.85. The summed E-state index contributed by atoms with van der Waals surface area (Å²) in [6.07, 6.45) is 9.10. The summed E-state index contributed by atoms with van der Waals surface area (Å²) in [5.74, 6) is 0.